The van der Waals surface area contributed by atoms with Crippen molar-refractivity contribution in [2.45, 2.75) is 64.8 Å². The Kier molecular flexibility index (Phi) is 9.05. The predicted octanol–water partition coefficient (Wildman–Crippen LogP) is 7.48. The van der Waals surface area contributed by atoms with Crippen molar-refractivity contribution in [3.8, 4) is 5.75 Å². The average molecular weight is 487 g/mol. The Labute approximate surface area is 205 Å². The van der Waals surface area contributed by atoms with E-state index >= 15 is 4.39 Å². The van der Waals surface area contributed by atoms with Crippen molar-refractivity contribution in [1.82, 2.24) is 0 Å². The van der Waals surface area contributed by atoms with Gasteiger partial charge in [0.25, 0.3) is 0 Å². The van der Waals surface area contributed by atoms with Crippen LogP contribution in [-0.2, 0) is 28.7 Å². The van der Waals surface area contributed by atoms with Crippen molar-refractivity contribution in [2.24, 2.45) is 5.92 Å². The van der Waals surface area contributed by atoms with Crippen LogP contribution in [0.4, 0.5) is 13.2 Å². The van der Waals surface area contributed by atoms with Crippen molar-refractivity contribution in [3.63, 3.8) is 0 Å². The number of hydrogen-bond donors (Lipinski definition) is 0. The summed E-state index contributed by atoms with van der Waals surface area (Å²) in [6.45, 7) is 0.890. The Balaban J connectivity index is 1.31. The third kappa shape index (κ3) is 7.21. The molecule has 0 saturated carbocycles. The molecule has 0 radical (unpaired) electrons. The maximum absolute atomic E-state index is 15.2. The summed E-state index contributed by atoms with van der Waals surface area (Å²) in [7, 11) is 0. The van der Waals surface area contributed by atoms with Gasteiger partial charge in [-0.2, -0.15) is 8.78 Å². The zero-order chi connectivity index (χ0) is 24.6. The highest BCUT2D eigenvalue weighted by Gasteiger charge is 2.21. The molecule has 1 saturated heterocycles. The Morgan fingerprint density at radius 1 is 0.886 bits per heavy atom. The molecule has 0 bridgehead atoms. The molecule has 1 aliphatic rings. The lowest BCUT2D eigenvalue weighted by atomic mass is 9.98. The molecule has 188 valence electrons. The molecule has 0 atom stereocenters. The monoisotopic (exact) mass is 486 g/mol. The number of hydrogen-bond acceptors (Lipinski definition) is 3. The number of rotatable bonds is 11. The molecule has 6 heteroatoms. The summed E-state index contributed by atoms with van der Waals surface area (Å²) in [5.41, 5.74) is 2.71. The molecular weight excluding hydrogens is 453 g/mol. The van der Waals surface area contributed by atoms with E-state index in [1.165, 1.54) is 25.0 Å². The summed E-state index contributed by atoms with van der Waals surface area (Å²) in [6.07, 6.45) is 6.12. The highest BCUT2D eigenvalue weighted by molar-refractivity contribution is 5.84. The van der Waals surface area contributed by atoms with Gasteiger partial charge in [0.1, 0.15) is 11.6 Å². The fourth-order valence-electron chi connectivity index (χ4n) is 4.55. The third-order valence-corrected chi connectivity index (χ3v) is 6.60. The first kappa shape index (κ1) is 25.5. The summed E-state index contributed by atoms with van der Waals surface area (Å²) in [6, 6.07) is 16.1. The van der Waals surface area contributed by atoms with E-state index in [4.69, 9.17) is 9.47 Å². The fraction of sp³-hybridized carbons (Fsp3) is 0.448. The van der Waals surface area contributed by atoms with Crippen LogP contribution in [0, 0.1) is 11.7 Å². The normalized spacial score (nSPS) is 18.3. The maximum atomic E-state index is 15.2. The summed E-state index contributed by atoms with van der Waals surface area (Å²) in [5, 5.41) is 1.48. The van der Waals surface area contributed by atoms with Crippen LogP contribution >= 0.6 is 0 Å². The van der Waals surface area contributed by atoms with Crippen molar-refractivity contribution in [2.75, 3.05) is 13.2 Å². The predicted molar refractivity (Wildman–Crippen MR) is 131 cm³/mol. The van der Waals surface area contributed by atoms with Gasteiger partial charge in [0.2, 0.25) is 0 Å². The van der Waals surface area contributed by atoms with Crippen LogP contribution in [0.25, 0.3) is 10.8 Å². The van der Waals surface area contributed by atoms with Crippen LogP contribution in [0.5, 0.6) is 5.75 Å². The Hall–Kier alpha value is -2.57. The average Bonchev–Trinajstić information content (AvgIpc) is 2.87. The van der Waals surface area contributed by atoms with Crippen LogP contribution in [0.2, 0.25) is 0 Å². The van der Waals surface area contributed by atoms with Gasteiger partial charge < -0.3 is 14.2 Å². The number of ether oxygens (including phenoxy) is 3. The first-order valence-electron chi connectivity index (χ1n) is 12.5. The largest absolute Gasteiger partial charge is 0.435 e. The molecule has 4 rings (SSSR count). The molecule has 0 aromatic heterocycles. The van der Waals surface area contributed by atoms with Gasteiger partial charge in [0.05, 0.1) is 13.2 Å². The standard InChI is InChI=1S/C29H33F3O3/c1-2-3-4-22-18-33-27(34-19-22)16-9-21-8-15-26-24(17-21)12-11-23(28(26)30)10-5-20-6-13-25(14-7-20)35-29(31)32/h6-8,11-15,17,22,27,29H,2-5,9-10,16,18-19H2,1H3. The first-order valence-corrected chi connectivity index (χ1v) is 12.5. The number of halogens is 3. The summed E-state index contributed by atoms with van der Waals surface area (Å²) in [5.74, 6) is 0.417. The molecule has 0 amide bonds. The number of alkyl halides is 2. The summed E-state index contributed by atoms with van der Waals surface area (Å²) in [4.78, 5) is 0. The molecule has 1 heterocycles. The molecule has 35 heavy (non-hydrogen) atoms. The zero-order valence-corrected chi connectivity index (χ0v) is 20.2. The fourth-order valence-corrected chi connectivity index (χ4v) is 4.55. The quantitative estimate of drug-likeness (QED) is 0.281. The minimum absolute atomic E-state index is 0.120. The first-order chi connectivity index (χ1) is 17.0. The number of fused-ring (bicyclic) bond motifs is 1. The third-order valence-electron chi connectivity index (χ3n) is 6.60. The molecule has 0 N–H and O–H groups in total. The molecular formula is C29H33F3O3. The van der Waals surface area contributed by atoms with E-state index in [2.05, 4.69) is 11.7 Å². The number of unbranched alkanes of at least 4 members (excludes halogenated alkanes) is 1. The molecule has 0 unspecified atom stereocenters. The molecule has 0 aliphatic carbocycles. The highest BCUT2D eigenvalue weighted by atomic mass is 19.3. The highest BCUT2D eigenvalue weighted by Crippen LogP contribution is 2.26. The summed E-state index contributed by atoms with van der Waals surface area (Å²) < 4.78 is 55.9. The minimum atomic E-state index is -2.84. The van der Waals surface area contributed by atoms with Crippen LogP contribution in [0.1, 0.15) is 49.3 Å². The van der Waals surface area contributed by atoms with Gasteiger partial charge >= 0.3 is 6.61 Å². The lowest BCUT2D eigenvalue weighted by Crippen LogP contribution is -2.32. The molecule has 3 nitrogen and oxygen atoms in total. The van der Waals surface area contributed by atoms with Crippen molar-refractivity contribution >= 4 is 10.8 Å². The van der Waals surface area contributed by atoms with Crippen molar-refractivity contribution in [1.29, 1.82) is 0 Å². The number of benzene rings is 3. The molecule has 1 aliphatic heterocycles. The van der Waals surface area contributed by atoms with E-state index < -0.39 is 6.61 Å². The van der Waals surface area contributed by atoms with Gasteiger partial charge in [-0.25, -0.2) is 4.39 Å². The van der Waals surface area contributed by atoms with Gasteiger partial charge in [-0.05, 0) is 59.9 Å². The van der Waals surface area contributed by atoms with Crippen LogP contribution < -0.4 is 4.74 Å². The van der Waals surface area contributed by atoms with Gasteiger partial charge in [-0.3, -0.25) is 0 Å². The second kappa shape index (κ2) is 12.4. The second-order valence-corrected chi connectivity index (χ2v) is 9.26. The van der Waals surface area contributed by atoms with Crippen molar-refractivity contribution in [3.05, 3.63) is 77.1 Å². The lowest BCUT2D eigenvalue weighted by Gasteiger charge is -2.29. The molecule has 1 fully saturated rings. The smallest absolute Gasteiger partial charge is 0.387 e. The Morgan fingerprint density at radius 3 is 2.34 bits per heavy atom. The van der Waals surface area contributed by atoms with E-state index in [9.17, 15) is 8.78 Å². The molecule has 3 aromatic rings. The van der Waals surface area contributed by atoms with Crippen LogP contribution in [0.15, 0.2) is 54.6 Å². The minimum Gasteiger partial charge on any atom is -0.435 e. The summed E-state index contributed by atoms with van der Waals surface area (Å²) >= 11 is 0. The van der Waals surface area contributed by atoms with Gasteiger partial charge in [0.15, 0.2) is 6.29 Å². The van der Waals surface area contributed by atoms with Gasteiger partial charge in [-0.15, -0.1) is 0 Å². The van der Waals surface area contributed by atoms with Crippen LogP contribution in [-0.4, -0.2) is 26.1 Å². The zero-order valence-electron chi connectivity index (χ0n) is 20.2. The van der Waals surface area contributed by atoms with E-state index in [1.807, 2.05) is 30.3 Å². The Morgan fingerprint density at radius 2 is 1.63 bits per heavy atom. The molecule has 3 aromatic carbocycles. The van der Waals surface area contributed by atoms with E-state index in [0.29, 0.717) is 29.7 Å². The Bertz CT molecular complexity index is 1080. The lowest BCUT2D eigenvalue weighted by molar-refractivity contribution is -0.203. The van der Waals surface area contributed by atoms with Gasteiger partial charge in [0, 0.05) is 17.7 Å². The van der Waals surface area contributed by atoms with Crippen LogP contribution in [0.3, 0.4) is 0 Å². The second-order valence-electron chi connectivity index (χ2n) is 9.26. The maximum Gasteiger partial charge on any atom is 0.387 e. The van der Waals surface area contributed by atoms with E-state index in [-0.39, 0.29) is 17.9 Å². The topological polar surface area (TPSA) is 27.7 Å². The van der Waals surface area contributed by atoms with Gasteiger partial charge in [-0.1, -0.05) is 62.2 Å². The SMILES string of the molecule is CCCCC1COC(CCc2ccc3c(F)c(CCc4ccc(OC(F)F)cc4)ccc3c2)OC1. The number of aryl methyl sites for hydroxylation is 3. The van der Waals surface area contributed by atoms with Crippen molar-refractivity contribution < 1.29 is 27.4 Å². The van der Waals surface area contributed by atoms with E-state index in [0.717, 1.165) is 49.0 Å². The molecule has 0 spiro atoms. The van der Waals surface area contributed by atoms with E-state index in [1.54, 1.807) is 12.1 Å².